The number of halogens is 2. The fourth-order valence-electron chi connectivity index (χ4n) is 7.02. The first-order valence-electron chi connectivity index (χ1n) is 19.1. The van der Waals surface area contributed by atoms with Gasteiger partial charge >= 0.3 is 0 Å². The molecule has 2 N–H and O–H groups in total. The molecule has 7 rings (SSSR count). The van der Waals surface area contributed by atoms with Crippen molar-refractivity contribution in [3.05, 3.63) is 142 Å². The highest BCUT2D eigenvalue weighted by atomic mass is 35.5. The van der Waals surface area contributed by atoms with Crippen LogP contribution in [0.1, 0.15) is 12.0 Å². The van der Waals surface area contributed by atoms with Crippen LogP contribution in [0.5, 0.6) is 0 Å². The van der Waals surface area contributed by atoms with E-state index in [0.717, 1.165) is 54.9 Å². The van der Waals surface area contributed by atoms with Crippen LogP contribution in [0.3, 0.4) is 0 Å². The first-order chi connectivity index (χ1) is 28.4. The van der Waals surface area contributed by atoms with Gasteiger partial charge in [0.25, 0.3) is 15.7 Å². The molecular weight excluding hydrogens is 811 g/mol. The van der Waals surface area contributed by atoms with Crippen molar-refractivity contribution in [3.8, 4) is 11.1 Å². The number of hydrogen-bond acceptors (Lipinski definition) is 11. The number of thioether (sulfide) groups is 1. The van der Waals surface area contributed by atoms with Crippen LogP contribution in [-0.2, 0) is 16.6 Å². The largest absolute Gasteiger partial charge is 0.376 e. The topological polar surface area (TPSA) is 137 Å². The third-order valence-corrected chi connectivity index (χ3v) is 12.9. The second-order valence-electron chi connectivity index (χ2n) is 14.6. The Morgan fingerprint density at radius 3 is 2.42 bits per heavy atom. The van der Waals surface area contributed by atoms with Gasteiger partial charge in [-0.15, -0.1) is 11.8 Å². The number of hydrogen-bond donors (Lipinski definition) is 2. The number of nitrogens with one attached hydrogen (secondary N) is 2. The van der Waals surface area contributed by atoms with Crippen molar-refractivity contribution in [1.29, 1.82) is 0 Å². The minimum Gasteiger partial charge on any atom is -0.376 e. The summed E-state index contributed by atoms with van der Waals surface area (Å²) in [7, 11) is -0.427. The van der Waals surface area contributed by atoms with Crippen molar-refractivity contribution in [1.82, 2.24) is 19.8 Å². The monoisotopic (exact) mass is 854 g/mol. The van der Waals surface area contributed by atoms with Crippen LogP contribution >= 0.6 is 23.4 Å². The smallest absolute Gasteiger partial charge is 0.293 e. The van der Waals surface area contributed by atoms with Gasteiger partial charge in [-0.2, -0.15) is 0 Å². The van der Waals surface area contributed by atoms with Gasteiger partial charge in [-0.25, -0.2) is 22.8 Å². The van der Waals surface area contributed by atoms with Gasteiger partial charge in [0, 0.05) is 71.6 Å². The number of benzene rings is 5. The molecule has 16 heteroatoms. The summed E-state index contributed by atoms with van der Waals surface area (Å²) < 4.78 is 43.5. The second kappa shape index (κ2) is 18.7. The zero-order valence-corrected chi connectivity index (χ0v) is 35.0. The maximum Gasteiger partial charge on any atom is 0.293 e. The number of nitro benzene ring substituents is 1. The number of anilines is 3. The molecule has 0 radical (unpaired) electrons. The molecule has 5 aromatic carbocycles. The lowest BCUT2D eigenvalue weighted by Crippen LogP contribution is -2.46. The van der Waals surface area contributed by atoms with Crippen molar-refractivity contribution in [2.45, 2.75) is 28.8 Å². The van der Waals surface area contributed by atoms with Gasteiger partial charge < -0.3 is 15.1 Å². The summed E-state index contributed by atoms with van der Waals surface area (Å²) in [5.74, 6) is 0.272. The first kappa shape index (κ1) is 41.8. The van der Waals surface area contributed by atoms with Crippen molar-refractivity contribution in [2.24, 2.45) is 0 Å². The summed E-state index contributed by atoms with van der Waals surface area (Å²) in [6.45, 7) is 4.71. The zero-order chi connectivity index (χ0) is 41.5. The second-order valence-corrected chi connectivity index (χ2v) is 17.8. The fourth-order valence-corrected chi connectivity index (χ4v) is 9.23. The predicted octanol–water partition coefficient (Wildman–Crippen LogP) is 8.65. The molecule has 1 aliphatic heterocycles. The number of fused-ring (bicyclic) bond motifs is 1. The van der Waals surface area contributed by atoms with E-state index in [1.54, 1.807) is 18.2 Å². The first-order valence-corrected chi connectivity index (χ1v) is 21.9. The Morgan fingerprint density at radius 2 is 1.69 bits per heavy atom. The van der Waals surface area contributed by atoms with Crippen LogP contribution in [0.25, 0.3) is 22.0 Å². The van der Waals surface area contributed by atoms with E-state index in [1.165, 1.54) is 53.5 Å². The van der Waals surface area contributed by atoms with Crippen LogP contribution in [0.15, 0.2) is 125 Å². The third-order valence-electron chi connectivity index (χ3n) is 10.2. The van der Waals surface area contributed by atoms with Crippen LogP contribution < -0.4 is 14.9 Å². The van der Waals surface area contributed by atoms with Crippen LogP contribution in [0, 0.1) is 15.9 Å². The van der Waals surface area contributed by atoms with Gasteiger partial charge in [0.15, 0.2) is 5.82 Å². The van der Waals surface area contributed by atoms with Crippen molar-refractivity contribution in [3.63, 3.8) is 0 Å². The van der Waals surface area contributed by atoms with E-state index in [4.69, 9.17) is 11.6 Å². The van der Waals surface area contributed by atoms with Crippen molar-refractivity contribution >= 4 is 67.2 Å². The highest BCUT2D eigenvalue weighted by Gasteiger charge is 2.25. The lowest BCUT2D eigenvalue weighted by molar-refractivity contribution is -0.384. The molecule has 0 spiro atoms. The third kappa shape index (κ3) is 10.7. The summed E-state index contributed by atoms with van der Waals surface area (Å²) in [5.41, 5.74) is 4.82. The van der Waals surface area contributed by atoms with E-state index in [1.807, 2.05) is 61.5 Å². The summed E-state index contributed by atoms with van der Waals surface area (Å²) in [5, 5.41) is 16.8. The average Bonchev–Trinajstić information content (AvgIpc) is 3.23. The van der Waals surface area contributed by atoms with Gasteiger partial charge in [0.2, 0.25) is 0 Å². The van der Waals surface area contributed by atoms with Crippen LogP contribution in [0.2, 0.25) is 5.02 Å². The maximum atomic E-state index is 13.7. The predicted molar refractivity (Wildman–Crippen MR) is 236 cm³/mol. The van der Waals surface area contributed by atoms with E-state index in [0.29, 0.717) is 34.6 Å². The quantitative estimate of drug-likeness (QED) is 0.0550. The number of nitrogens with zero attached hydrogens (tertiary/aromatic N) is 6. The molecule has 1 atom stereocenters. The Labute approximate surface area is 352 Å². The fraction of sp³-hybridized carbons (Fsp3) is 0.256. The van der Waals surface area contributed by atoms with Gasteiger partial charge in [-0.3, -0.25) is 19.7 Å². The molecule has 1 saturated heterocycles. The Balaban J connectivity index is 1.03. The van der Waals surface area contributed by atoms with E-state index < -0.39 is 14.9 Å². The molecule has 6 aromatic rings. The lowest BCUT2D eigenvalue weighted by atomic mass is 9.99. The molecule has 12 nitrogen and oxygen atoms in total. The molecule has 1 aliphatic rings. The molecule has 0 saturated carbocycles. The highest BCUT2D eigenvalue weighted by molar-refractivity contribution is 7.99. The molecule has 2 heterocycles. The Hall–Kier alpha value is -5.32. The maximum absolute atomic E-state index is 13.7. The molecule has 0 amide bonds. The highest BCUT2D eigenvalue weighted by Crippen LogP contribution is 2.33. The molecule has 0 aliphatic carbocycles. The summed E-state index contributed by atoms with van der Waals surface area (Å²) >= 11 is 7.92. The van der Waals surface area contributed by atoms with E-state index in [9.17, 15) is 22.9 Å². The van der Waals surface area contributed by atoms with Gasteiger partial charge in [-0.1, -0.05) is 48.0 Å². The van der Waals surface area contributed by atoms with E-state index in [2.05, 4.69) is 48.0 Å². The Morgan fingerprint density at radius 1 is 0.932 bits per heavy atom. The summed E-state index contributed by atoms with van der Waals surface area (Å²) in [6.07, 6.45) is 1.95. The van der Waals surface area contributed by atoms with E-state index in [-0.39, 0.29) is 33.9 Å². The number of rotatable bonds is 16. The van der Waals surface area contributed by atoms with Crippen molar-refractivity contribution in [2.75, 3.05) is 67.5 Å². The molecule has 0 unspecified atom stereocenters. The molecule has 306 valence electrons. The number of piperazine rings is 1. The number of nitro groups is 1. The van der Waals surface area contributed by atoms with Crippen LogP contribution in [-0.4, -0.2) is 91.7 Å². The average molecular weight is 855 g/mol. The minimum absolute atomic E-state index is 0.0635. The molecule has 1 aromatic heterocycles. The Bertz CT molecular complexity index is 2530. The molecule has 1 fully saturated rings. The zero-order valence-electron chi connectivity index (χ0n) is 32.6. The van der Waals surface area contributed by atoms with Gasteiger partial charge in [-0.05, 0) is 110 Å². The summed E-state index contributed by atoms with van der Waals surface area (Å²) in [6, 6.07) is 31.7. The molecule has 0 bridgehead atoms. The van der Waals surface area contributed by atoms with Gasteiger partial charge in [0.05, 0.1) is 15.3 Å². The van der Waals surface area contributed by atoms with Crippen LogP contribution in [0.4, 0.5) is 27.3 Å². The lowest BCUT2D eigenvalue weighted by Gasteiger charge is -2.36. The Kier molecular flexibility index (Phi) is 13.3. The molecular formula is C43H44ClFN8O4S2. The normalized spacial score (nSPS) is 14.1. The van der Waals surface area contributed by atoms with Gasteiger partial charge in [0.1, 0.15) is 17.8 Å². The number of aromatic nitrogens is 2. The summed E-state index contributed by atoms with van der Waals surface area (Å²) in [4.78, 5) is 27.7. The molecule has 59 heavy (non-hydrogen) atoms. The minimum atomic E-state index is -4.30. The number of sulfonamides is 1. The van der Waals surface area contributed by atoms with E-state index >= 15 is 0 Å². The standard InChI is InChI=1S/C43H44ClFN8O4S2/c1-50(2)19-18-34(28-58-36-12-9-33(45)10-13-36)48-40-17-14-37(26-42(40)53(54)55)59(56,57)49-43-39-16-11-35(25-41(39)46-29-47-43)52-22-20-51(21-23-52)27-31-24-32(44)8-15-38(31)30-6-4-3-5-7-30/h3-17,24-26,29,34,48H,18-23,27-28H2,1-2H3,(H,46,47,49)/t34-/m1/s1. The SMILES string of the molecule is CN(C)CC[C@H](CSc1ccc(F)cc1)Nc1ccc(S(=O)(=O)Nc2ncnc3cc(N4CCN(Cc5cc(Cl)ccc5-c5ccccc5)CC4)ccc23)cc1[N+](=O)[O-]. The van der Waals surface area contributed by atoms with Crippen molar-refractivity contribution < 1.29 is 17.7 Å².